The van der Waals surface area contributed by atoms with Gasteiger partial charge in [-0.05, 0) is 86.8 Å². The molecule has 1 fully saturated rings. The number of Topliss-reactive ketones (excluding diaryl/α,β-unsaturated/α-hetero) is 1. The number of ether oxygens (including phenoxy) is 1. The van der Waals surface area contributed by atoms with Gasteiger partial charge in [0.1, 0.15) is 17.1 Å². The lowest BCUT2D eigenvalue weighted by Gasteiger charge is -2.43. The monoisotopic (exact) mass is 604 g/mol. The first-order valence-corrected chi connectivity index (χ1v) is 13.8. The minimum atomic E-state index is -4.80. The number of imidazole rings is 1. The van der Waals surface area contributed by atoms with Gasteiger partial charge in [0.05, 0.1) is 11.3 Å². The number of aromatic nitrogens is 2. The molecule has 4 aromatic rings. The average molecular weight is 605 g/mol. The molecule has 6 nitrogen and oxygen atoms in total. The molecule has 0 unspecified atom stereocenters. The van der Waals surface area contributed by atoms with Crippen molar-refractivity contribution in [2.24, 2.45) is 0 Å². The van der Waals surface area contributed by atoms with Crippen molar-refractivity contribution in [2.75, 3.05) is 29.4 Å². The van der Waals surface area contributed by atoms with Gasteiger partial charge in [0.25, 0.3) is 0 Å². The SMILES string of the molecule is Cc1ccn2c(C(=O)CCc3ccc(N4CCN(c5ccc(OC(F)(F)F)cc5)[C@@H](C)C4)c(C(F)(F)F)c3)c(C)nc2c1. The van der Waals surface area contributed by atoms with Gasteiger partial charge in [-0.1, -0.05) is 6.07 Å². The van der Waals surface area contributed by atoms with Crippen LogP contribution in [0, 0.1) is 13.8 Å². The van der Waals surface area contributed by atoms with Crippen molar-refractivity contribution in [3.05, 3.63) is 88.9 Å². The average Bonchev–Trinajstić information content (AvgIpc) is 3.25. The van der Waals surface area contributed by atoms with Crippen molar-refractivity contribution < 1.29 is 35.9 Å². The molecule has 228 valence electrons. The van der Waals surface area contributed by atoms with E-state index in [2.05, 4.69) is 9.72 Å². The van der Waals surface area contributed by atoms with Gasteiger partial charge in [0.15, 0.2) is 5.78 Å². The molecule has 1 aliphatic heterocycles. The minimum absolute atomic E-state index is 0.0294. The summed E-state index contributed by atoms with van der Waals surface area (Å²) in [5.74, 6) is -0.544. The normalized spacial score (nSPS) is 16.2. The maximum Gasteiger partial charge on any atom is 0.573 e. The van der Waals surface area contributed by atoms with Crippen molar-refractivity contribution in [1.29, 1.82) is 0 Å². The van der Waals surface area contributed by atoms with Crippen molar-refractivity contribution in [3.8, 4) is 5.75 Å². The molecule has 5 rings (SSSR count). The Morgan fingerprint density at radius 3 is 2.35 bits per heavy atom. The first kappa shape index (κ1) is 30.2. The van der Waals surface area contributed by atoms with Crippen LogP contribution in [0.4, 0.5) is 37.7 Å². The van der Waals surface area contributed by atoms with Gasteiger partial charge in [0, 0.05) is 49.7 Å². The van der Waals surface area contributed by atoms with Crippen LogP contribution < -0.4 is 14.5 Å². The molecule has 3 heterocycles. The van der Waals surface area contributed by atoms with E-state index in [0.29, 0.717) is 34.8 Å². The van der Waals surface area contributed by atoms with Gasteiger partial charge >= 0.3 is 12.5 Å². The Morgan fingerprint density at radius 1 is 0.977 bits per heavy atom. The molecular formula is C31H30F6N4O2. The summed E-state index contributed by atoms with van der Waals surface area (Å²) >= 11 is 0. The smallest absolute Gasteiger partial charge is 0.406 e. The van der Waals surface area contributed by atoms with E-state index in [0.717, 1.165) is 11.6 Å². The number of nitrogens with zero attached hydrogens (tertiary/aromatic N) is 4. The largest absolute Gasteiger partial charge is 0.573 e. The zero-order valence-electron chi connectivity index (χ0n) is 23.8. The summed E-state index contributed by atoms with van der Waals surface area (Å²) in [6.45, 7) is 6.43. The van der Waals surface area contributed by atoms with E-state index in [9.17, 15) is 31.1 Å². The van der Waals surface area contributed by atoms with Crippen molar-refractivity contribution in [2.45, 2.75) is 52.2 Å². The number of benzene rings is 2. The zero-order valence-corrected chi connectivity index (χ0v) is 23.8. The van der Waals surface area contributed by atoms with Crippen molar-refractivity contribution >= 4 is 22.8 Å². The molecule has 2 aromatic heterocycles. The third-order valence-corrected chi connectivity index (χ3v) is 7.60. The Morgan fingerprint density at radius 2 is 1.70 bits per heavy atom. The van der Waals surface area contributed by atoms with E-state index in [4.69, 9.17) is 0 Å². The molecule has 0 spiro atoms. The van der Waals surface area contributed by atoms with Gasteiger partial charge in [-0.2, -0.15) is 13.2 Å². The molecular weight excluding hydrogens is 574 g/mol. The number of carbonyl (C=O) groups is 1. The summed E-state index contributed by atoms with van der Waals surface area (Å²) in [5, 5.41) is 0. The molecule has 0 amide bonds. The number of carbonyl (C=O) groups excluding carboxylic acids is 1. The number of alkyl halides is 6. The third kappa shape index (κ3) is 6.73. The van der Waals surface area contributed by atoms with Crippen LogP contribution in [-0.4, -0.2) is 47.2 Å². The topological polar surface area (TPSA) is 50.1 Å². The number of hydrogen-bond donors (Lipinski definition) is 0. The molecule has 0 radical (unpaired) electrons. The fourth-order valence-corrected chi connectivity index (χ4v) is 5.62. The fraction of sp³-hybridized carbons (Fsp3) is 0.355. The van der Waals surface area contributed by atoms with Crippen LogP contribution in [0.5, 0.6) is 5.75 Å². The van der Waals surface area contributed by atoms with Gasteiger partial charge in [0.2, 0.25) is 0 Å². The summed E-state index contributed by atoms with van der Waals surface area (Å²) in [4.78, 5) is 21.2. The number of ketones is 1. The number of hydrogen-bond acceptors (Lipinski definition) is 5. The molecule has 1 atom stereocenters. The first-order chi connectivity index (χ1) is 20.2. The number of piperazine rings is 1. The second kappa shape index (κ2) is 11.5. The summed E-state index contributed by atoms with van der Waals surface area (Å²) in [6, 6.07) is 13.1. The number of rotatable bonds is 7. The fourth-order valence-electron chi connectivity index (χ4n) is 5.62. The predicted molar refractivity (Wildman–Crippen MR) is 151 cm³/mol. The third-order valence-electron chi connectivity index (χ3n) is 7.60. The molecule has 1 saturated heterocycles. The van der Waals surface area contributed by atoms with Gasteiger partial charge < -0.3 is 14.5 Å². The van der Waals surface area contributed by atoms with Crippen molar-refractivity contribution in [3.63, 3.8) is 0 Å². The second-order valence-corrected chi connectivity index (χ2v) is 10.8. The lowest BCUT2D eigenvalue weighted by atomic mass is 10.0. The Bertz CT molecular complexity index is 1630. The van der Waals surface area contributed by atoms with E-state index < -0.39 is 18.1 Å². The molecule has 0 aliphatic carbocycles. The van der Waals surface area contributed by atoms with Crippen LogP contribution in [0.1, 0.15) is 46.2 Å². The Balaban J connectivity index is 1.29. The minimum Gasteiger partial charge on any atom is -0.406 e. The number of anilines is 2. The summed E-state index contributed by atoms with van der Waals surface area (Å²) in [6.07, 6.45) is -7.47. The quantitative estimate of drug-likeness (QED) is 0.163. The summed E-state index contributed by atoms with van der Waals surface area (Å²) in [7, 11) is 0. The van der Waals surface area contributed by atoms with Crippen LogP contribution in [0.2, 0.25) is 0 Å². The Kier molecular flexibility index (Phi) is 8.06. The molecule has 43 heavy (non-hydrogen) atoms. The second-order valence-electron chi connectivity index (χ2n) is 10.8. The molecule has 0 saturated carbocycles. The Hall–Kier alpha value is -4.22. The van der Waals surface area contributed by atoms with Crippen molar-refractivity contribution in [1.82, 2.24) is 9.38 Å². The van der Waals surface area contributed by atoms with Gasteiger partial charge in [-0.25, -0.2) is 4.98 Å². The zero-order chi connectivity index (χ0) is 31.1. The lowest BCUT2D eigenvalue weighted by molar-refractivity contribution is -0.274. The highest BCUT2D eigenvalue weighted by molar-refractivity contribution is 5.96. The maximum absolute atomic E-state index is 14.3. The van der Waals surface area contributed by atoms with E-state index in [-0.39, 0.29) is 49.2 Å². The highest BCUT2D eigenvalue weighted by atomic mass is 19.4. The Labute approximate surface area is 244 Å². The summed E-state index contributed by atoms with van der Waals surface area (Å²) < 4.78 is 85.8. The maximum atomic E-state index is 14.3. The van der Waals surface area contributed by atoms with E-state index in [1.54, 1.807) is 28.5 Å². The highest BCUT2D eigenvalue weighted by Gasteiger charge is 2.37. The molecule has 1 aliphatic rings. The van der Waals surface area contributed by atoms with Crippen LogP contribution in [-0.2, 0) is 12.6 Å². The van der Waals surface area contributed by atoms with E-state index in [1.165, 1.54) is 30.3 Å². The van der Waals surface area contributed by atoms with Crippen LogP contribution in [0.3, 0.4) is 0 Å². The predicted octanol–water partition coefficient (Wildman–Crippen LogP) is 7.40. The van der Waals surface area contributed by atoms with Crippen LogP contribution in [0.15, 0.2) is 60.8 Å². The van der Waals surface area contributed by atoms with E-state index in [1.807, 2.05) is 30.9 Å². The molecule has 0 N–H and O–H groups in total. The first-order valence-electron chi connectivity index (χ1n) is 13.8. The van der Waals surface area contributed by atoms with Crippen LogP contribution in [0.25, 0.3) is 5.65 Å². The number of pyridine rings is 1. The highest BCUT2D eigenvalue weighted by Crippen LogP contribution is 2.39. The van der Waals surface area contributed by atoms with Gasteiger partial charge in [-0.3, -0.25) is 9.20 Å². The standard InChI is InChI=1S/C31H30F6N4O2/c1-19-12-13-41-28(16-19)38-21(3)29(41)27(42)11-5-22-4-10-26(25(17-22)30(32,33)34)39-14-15-40(20(2)18-39)23-6-8-24(9-7-23)43-31(35,36)37/h4,6-10,12-13,16-17,20H,5,11,14-15,18H2,1-3H3/t20-/m0/s1. The van der Waals surface area contributed by atoms with Gasteiger partial charge in [-0.15, -0.1) is 13.2 Å². The lowest BCUT2D eigenvalue weighted by Crippen LogP contribution is -2.52. The molecule has 0 bridgehead atoms. The number of aryl methyl sites for hydroxylation is 3. The summed E-state index contributed by atoms with van der Waals surface area (Å²) in [5.41, 5.74) is 2.97. The van der Waals surface area contributed by atoms with Crippen LogP contribution >= 0.6 is 0 Å². The number of halogens is 6. The molecule has 12 heteroatoms. The molecule has 2 aromatic carbocycles. The van der Waals surface area contributed by atoms with E-state index >= 15 is 0 Å². The number of fused-ring (bicyclic) bond motifs is 1.